The van der Waals surface area contributed by atoms with E-state index in [-0.39, 0.29) is 6.03 Å². The highest BCUT2D eigenvalue weighted by molar-refractivity contribution is 9.10. The third-order valence-electron chi connectivity index (χ3n) is 3.41. The molecule has 0 aliphatic carbocycles. The van der Waals surface area contributed by atoms with E-state index in [0.717, 1.165) is 30.7 Å². The van der Waals surface area contributed by atoms with Gasteiger partial charge in [-0.2, -0.15) is 0 Å². The minimum Gasteiger partial charge on any atom is -0.367 e. The van der Waals surface area contributed by atoms with Gasteiger partial charge in [-0.05, 0) is 40.5 Å². The molecule has 0 atom stereocenters. The number of nitrogens with one attached hydrogen (secondary N) is 1. The van der Waals surface area contributed by atoms with Gasteiger partial charge in [0.25, 0.3) is 0 Å². The Balaban J connectivity index is 1.94. The molecule has 0 spiro atoms. The van der Waals surface area contributed by atoms with E-state index in [9.17, 15) is 4.79 Å². The van der Waals surface area contributed by atoms with Crippen molar-refractivity contribution in [2.75, 3.05) is 37.6 Å². The second kappa shape index (κ2) is 6.79. The van der Waals surface area contributed by atoms with Crippen molar-refractivity contribution in [2.45, 2.75) is 6.92 Å². The quantitative estimate of drug-likeness (QED) is 0.861. The van der Waals surface area contributed by atoms with Crippen LogP contribution in [0.3, 0.4) is 0 Å². The number of amides is 2. The molecule has 1 saturated heterocycles. The molecule has 20 heavy (non-hydrogen) atoms. The molecule has 1 aliphatic rings. The Morgan fingerprint density at radius 2 is 2.10 bits per heavy atom. The molecular formula is C15H20BrN3O. The van der Waals surface area contributed by atoms with Gasteiger partial charge in [-0.15, -0.1) is 6.58 Å². The zero-order valence-electron chi connectivity index (χ0n) is 11.7. The van der Waals surface area contributed by atoms with Crippen molar-refractivity contribution in [1.82, 2.24) is 10.2 Å². The van der Waals surface area contributed by atoms with Gasteiger partial charge in [0, 0.05) is 37.2 Å². The van der Waals surface area contributed by atoms with Crippen LogP contribution in [-0.4, -0.2) is 43.7 Å². The summed E-state index contributed by atoms with van der Waals surface area (Å²) in [4.78, 5) is 16.0. The van der Waals surface area contributed by atoms with Crippen LogP contribution in [0, 0.1) is 6.92 Å². The molecular weight excluding hydrogens is 318 g/mol. The predicted octanol–water partition coefficient (Wildman–Crippen LogP) is 2.78. The third-order valence-corrected chi connectivity index (χ3v) is 4.04. The Kier molecular flexibility index (Phi) is 5.06. The van der Waals surface area contributed by atoms with Gasteiger partial charge in [0.2, 0.25) is 0 Å². The lowest BCUT2D eigenvalue weighted by atomic mass is 10.2. The van der Waals surface area contributed by atoms with E-state index in [1.54, 1.807) is 6.08 Å². The number of urea groups is 1. The first-order valence-electron chi connectivity index (χ1n) is 6.76. The van der Waals surface area contributed by atoms with Crippen molar-refractivity contribution in [1.29, 1.82) is 0 Å². The molecule has 2 rings (SSSR count). The molecule has 1 N–H and O–H groups in total. The van der Waals surface area contributed by atoms with E-state index in [1.165, 1.54) is 11.3 Å². The molecule has 0 aromatic heterocycles. The number of benzene rings is 1. The van der Waals surface area contributed by atoms with Crippen molar-refractivity contribution in [2.24, 2.45) is 0 Å². The molecule has 4 nitrogen and oxygen atoms in total. The number of halogens is 1. The maximum atomic E-state index is 11.9. The van der Waals surface area contributed by atoms with Gasteiger partial charge >= 0.3 is 6.03 Å². The molecule has 1 aliphatic heterocycles. The lowest BCUT2D eigenvalue weighted by molar-refractivity contribution is 0.195. The predicted molar refractivity (Wildman–Crippen MR) is 86.3 cm³/mol. The molecule has 108 valence electrons. The highest BCUT2D eigenvalue weighted by Gasteiger charge is 2.21. The molecule has 1 aromatic rings. The van der Waals surface area contributed by atoms with Crippen molar-refractivity contribution >= 4 is 27.6 Å². The first kappa shape index (κ1) is 14.9. The fraction of sp³-hybridized carbons (Fsp3) is 0.400. The van der Waals surface area contributed by atoms with Gasteiger partial charge in [0.1, 0.15) is 0 Å². The van der Waals surface area contributed by atoms with E-state index in [0.29, 0.717) is 6.54 Å². The number of rotatable bonds is 3. The Hall–Kier alpha value is -1.49. The van der Waals surface area contributed by atoms with Gasteiger partial charge in [-0.25, -0.2) is 4.79 Å². The van der Waals surface area contributed by atoms with Crippen LogP contribution in [0.2, 0.25) is 0 Å². The molecule has 0 saturated carbocycles. The molecule has 0 unspecified atom stereocenters. The third kappa shape index (κ3) is 3.54. The summed E-state index contributed by atoms with van der Waals surface area (Å²) in [7, 11) is 0. The van der Waals surface area contributed by atoms with E-state index >= 15 is 0 Å². The maximum Gasteiger partial charge on any atom is 0.317 e. The molecule has 5 heteroatoms. The second-order valence-electron chi connectivity index (χ2n) is 4.90. The average molecular weight is 338 g/mol. The van der Waals surface area contributed by atoms with E-state index in [4.69, 9.17) is 0 Å². The number of hydrogen-bond donors (Lipinski definition) is 1. The molecule has 0 bridgehead atoms. The van der Waals surface area contributed by atoms with E-state index in [2.05, 4.69) is 57.8 Å². The van der Waals surface area contributed by atoms with Crippen LogP contribution in [-0.2, 0) is 0 Å². The van der Waals surface area contributed by atoms with Gasteiger partial charge in [-0.1, -0.05) is 12.1 Å². The van der Waals surface area contributed by atoms with Crippen LogP contribution >= 0.6 is 15.9 Å². The number of carbonyl (C=O) groups excluding carboxylic acids is 1. The van der Waals surface area contributed by atoms with Gasteiger partial charge in [-0.3, -0.25) is 0 Å². The molecule has 1 fully saturated rings. The zero-order chi connectivity index (χ0) is 14.5. The number of piperazine rings is 1. The minimum atomic E-state index is -0.00692. The molecule has 1 heterocycles. The highest BCUT2D eigenvalue weighted by atomic mass is 79.9. The standard InChI is InChI=1S/C15H20BrN3O/c1-3-6-17-15(20)19-9-7-18(8-10-19)14-5-4-12(2)11-13(14)16/h3-5,11H,1,6-10H2,2H3,(H,17,20). The zero-order valence-corrected chi connectivity index (χ0v) is 13.3. The van der Waals surface area contributed by atoms with Crippen LogP contribution in [0.1, 0.15) is 5.56 Å². The van der Waals surface area contributed by atoms with Crippen LogP contribution < -0.4 is 10.2 Å². The first-order valence-corrected chi connectivity index (χ1v) is 7.56. The van der Waals surface area contributed by atoms with Crippen molar-refractivity contribution in [3.05, 3.63) is 40.9 Å². The van der Waals surface area contributed by atoms with E-state index < -0.39 is 0 Å². The summed E-state index contributed by atoms with van der Waals surface area (Å²) < 4.78 is 1.11. The van der Waals surface area contributed by atoms with Crippen LogP contribution in [0.25, 0.3) is 0 Å². The number of aryl methyl sites for hydroxylation is 1. The summed E-state index contributed by atoms with van der Waals surface area (Å²) in [5.74, 6) is 0. The Morgan fingerprint density at radius 3 is 2.70 bits per heavy atom. The SMILES string of the molecule is C=CCNC(=O)N1CCN(c2ccc(C)cc2Br)CC1. The summed E-state index contributed by atoms with van der Waals surface area (Å²) in [6.07, 6.45) is 1.69. The smallest absolute Gasteiger partial charge is 0.317 e. The molecule has 0 radical (unpaired) electrons. The molecule has 2 amide bonds. The Labute approximate surface area is 128 Å². The Bertz CT molecular complexity index is 496. The summed E-state index contributed by atoms with van der Waals surface area (Å²) >= 11 is 3.62. The monoisotopic (exact) mass is 337 g/mol. The number of nitrogens with zero attached hydrogens (tertiary/aromatic N) is 2. The largest absolute Gasteiger partial charge is 0.367 e. The van der Waals surface area contributed by atoms with Crippen molar-refractivity contribution in [3.8, 4) is 0 Å². The summed E-state index contributed by atoms with van der Waals surface area (Å²) in [5, 5.41) is 2.82. The number of anilines is 1. The van der Waals surface area contributed by atoms with Crippen molar-refractivity contribution < 1.29 is 4.79 Å². The topological polar surface area (TPSA) is 35.6 Å². The van der Waals surface area contributed by atoms with E-state index in [1.807, 2.05) is 4.90 Å². The number of hydrogen-bond acceptors (Lipinski definition) is 2. The fourth-order valence-electron chi connectivity index (χ4n) is 2.29. The summed E-state index contributed by atoms with van der Waals surface area (Å²) in [6.45, 7) is 9.38. The summed E-state index contributed by atoms with van der Waals surface area (Å²) in [6, 6.07) is 6.36. The first-order chi connectivity index (χ1) is 9.61. The van der Waals surface area contributed by atoms with Crippen molar-refractivity contribution in [3.63, 3.8) is 0 Å². The highest BCUT2D eigenvalue weighted by Crippen LogP contribution is 2.28. The number of carbonyl (C=O) groups is 1. The fourth-order valence-corrected chi connectivity index (χ4v) is 3.03. The minimum absolute atomic E-state index is 0.00692. The lowest BCUT2D eigenvalue weighted by Crippen LogP contribution is -2.52. The lowest BCUT2D eigenvalue weighted by Gasteiger charge is -2.36. The average Bonchev–Trinajstić information content (AvgIpc) is 2.45. The van der Waals surface area contributed by atoms with Crippen LogP contribution in [0.4, 0.5) is 10.5 Å². The summed E-state index contributed by atoms with van der Waals surface area (Å²) in [5.41, 5.74) is 2.44. The van der Waals surface area contributed by atoms with Gasteiger partial charge < -0.3 is 15.1 Å². The Morgan fingerprint density at radius 1 is 1.40 bits per heavy atom. The maximum absolute atomic E-state index is 11.9. The second-order valence-corrected chi connectivity index (χ2v) is 5.76. The van der Waals surface area contributed by atoms with Gasteiger partial charge in [0.15, 0.2) is 0 Å². The van der Waals surface area contributed by atoms with Gasteiger partial charge in [0.05, 0.1) is 5.69 Å². The van der Waals surface area contributed by atoms with Crippen LogP contribution in [0.15, 0.2) is 35.3 Å². The molecule has 1 aromatic carbocycles. The normalized spacial score (nSPS) is 15.1. The van der Waals surface area contributed by atoms with Crippen LogP contribution in [0.5, 0.6) is 0 Å².